The summed E-state index contributed by atoms with van der Waals surface area (Å²) in [6, 6.07) is 22.3. The number of nitrogens with zero attached hydrogens (tertiary/aromatic N) is 1. The quantitative estimate of drug-likeness (QED) is 0.520. The number of benzene rings is 3. The SMILES string of the molecule is Cc1cccc(NC(=O)N(CCNC(=O)COCc2ccccc2)c2ccc(F)cc2)c1. The Morgan fingerprint density at radius 2 is 1.72 bits per heavy atom. The van der Waals surface area contributed by atoms with E-state index < -0.39 is 5.82 Å². The maximum Gasteiger partial charge on any atom is 0.326 e. The Morgan fingerprint density at radius 1 is 0.969 bits per heavy atom. The van der Waals surface area contributed by atoms with E-state index in [-0.39, 0.29) is 31.6 Å². The zero-order valence-corrected chi connectivity index (χ0v) is 17.9. The van der Waals surface area contributed by atoms with Gasteiger partial charge in [0.15, 0.2) is 0 Å². The number of anilines is 2. The van der Waals surface area contributed by atoms with E-state index in [1.54, 1.807) is 6.07 Å². The van der Waals surface area contributed by atoms with Gasteiger partial charge in [-0.2, -0.15) is 0 Å². The van der Waals surface area contributed by atoms with Crippen LogP contribution >= 0.6 is 0 Å². The van der Waals surface area contributed by atoms with Gasteiger partial charge in [-0.15, -0.1) is 0 Å². The van der Waals surface area contributed by atoms with Crippen molar-refractivity contribution in [1.29, 1.82) is 0 Å². The Bertz CT molecular complexity index is 1030. The van der Waals surface area contributed by atoms with Crippen molar-refractivity contribution in [3.8, 4) is 0 Å². The fraction of sp³-hybridized carbons (Fsp3) is 0.200. The van der Waals surface area contributed by atoms with Gasteiger partial charge in [0.2, 0.25) is 5.91 Å². The molecule has 0 aliphatic rings. The second-order valence-electron chi connectivity index (χ2n) is 7.26. The number of halogens is 1. The molecule has 6 nitrogen and oxygen atoms in total. The van der Waals surface area contributed by atoms with Gasteiger partial charge in [0, 0.05) is 24.5 Å². The van der Waals surface area contributed by atoms with Crippen molar-refractivity contribution in [3.63, 3.8) is 0 Å². The summed E-state index contributed by atoms with van der Waals surface area (Å²) in [6.45, 7) is 2.61. The maximum absolute atomic E-state index is 13.4. The molecule has 0 fully saturated rings. The third-order valence-electron chi connectivity index (χ3n) is 4.66. The normalized spacial score (nSPS) is 10.4. The summed E-state index contributed by atoms with van der Waals surface area (Å²) in [5.41, 5.74) is 3.17. The summed E-state index contributed by atoms with van der Waals surface area (Å²) in [7, 11) is 0. The van der Waals surface area contributed by atoms with Crippen LogP contribution in [-0.2, 0) is 16.1 Å². The minimum Gasteiger partial charge on any atom is -0.367 e. The summed E-state index contributed by atoms with van der Waals surface area (Å²) in [4.78, 5) is 26.4. The molecule has 0 aromatic heterocycles. The molecule has 0 atom stereocenters. The van der Waals surface area contributed by atoms with Crippen molar-refractivity contribution in [2.24, 2.45) is 0 Å². The topological polar surface area (TPSA) is 70.7 Å². The molecule has 7 heteroatoms. The van der Waals surface area contributed by atoms with E-state index in [1.807, 2.05) is 55.5 Å². The Morgan fingerprint density at radius 3 is 2.44 bits per heavy atom. The molecular weight excluding hydrogens is 409 g/mol. The van der Waals surface area contributed by atoms with E-state index in [0.29, 0.717) is 18.0 Å². The monoisotopic (exact) mass is 435 g/mol. The molecule has 0 unspecified atom stereocenters. The summed E-state index contributed by atoms with van der Waals surface area (Å²) < 4.78 is 18.8. The van der Waals surface area contributed by atoms with Crippen LogP contribution in [0.15, 0.2) is 78.9 Å². The fourth-order valence-corrected chi connectivity index (χ4v) is 3.08. The molecule has 3 aromatic rings. The third-order valence-corrected chi connectivity index (χ3v) is 4.66. The first-order valence-corrected chi connectivity index (χ1v) is 10.3. The molecule has 2 N–H and O–H groups in total. The van der Waals surface area contributed by atoms with Crippen molar-refractivity contribution in [2.45, 2.75) is 13.5 Å². The van der Waals surface area contributed by atoms with Crippen molar-refractivity contribution in [3.05, 3.63) is 95.8 Å². The highest BCUT2D eigenvalue weighted by Gasteiger charge is 2.16. The van der Waals surface area contributed by atoms with E-state index in [9.17, 15) is 14.0 Å². The second-order valence-corrected chi connectivity index (χ2v) is 7.26. The number of rotatable bonds is 9. The standard InChI is InChI=1S/C25H26FN3O3/c1-19-6-5-9-22(16-19)28-25(31)29(23-12-10-21(26)11-13-23)15-14-27-24(30)18-32-17-20-7-3-2-4-8-20/h2-13,16H,14-15,17-18H2,1H3,(H,27,30)(H,28,31). The molecule has 0 aliphatic carbocycles. The fourth-order valence-electron chi connectivity index (χ4n) is 3.08. The number of carbonyl (C=O) groups is 2. The number of hydrogen-bond acceptors (Lipinski definition) is 3. The van der Waals surface area contributed by atoms with Crippen LogP contribution in [0.3, 0.4) is 0 Å². The number of ether oxygens (including phenoxy) is 1. The predicted molar refractivity (Wildman–Crippen MR) is 123 cm³/mol. The van der Waals surface area contributed by atoms with Crippen molar-refractivity contribution in [2.75, 3.05) is 29.9 Å². The van der Waals surface area contributed by atoms with Crippen LogP contribution in [0, 0.1) is 12.7 Å². The molecular formula is C25H26FN3O3. The van der Waals surface area contributed by atoms with Gasteiger partial charge in [0.05, 0.1) is 6.61 Å². The van der Waals surface area contributed by atoms with Gasteiger partial charge in [-0.3, -0.25) is 9.69 Å². The maximum atomic E-state index is 13.4. The number of aryl methyl sites for hydroxylation is 1. The molecule has 0 bridgehead atoms. The van der Waals surface area contributed by atoms with Crippen LogP contribution in [-0.4, -0.2) is 31.6 Å². The van der Waals surface area contributed by atoms with Crippen molar-refractivity contribution < 1.29 is 18.7 Å². The molecule has 0 radical (unpaired) electrons. The number of urea groups is 1. The highest BCUT2D eigenvalue weighted by Crippen LogP contribution is 2.17. The lowest BCUT2D eigenvalue weighted by Gasteiger charge is -2.23. The molecule has 0 spiro atoms. The average Bonchev–Trinajstić information content (AvgIpc) is 2.78. The van der Waals surface area contributed by atoms with Gasteiger partial charge < -0.3 is 15.4 Å². The van der Waals surface area contributed by atoms with Crippen LogP contribution in [0.1, 0.15) is 11.1 Å². The molecule has 166 valence electrons. The number of nitrogens with one attached hydrogen (secondary N) is 2. The largest absolute Gasteiger partial charge is 0.367 e. The van der Waals surface area contributed by atoms with Gasteiger partial charge in [-0.25, -0.2) is 9.18 Å². The first-order valence-electron chi connectivity index (χ1n) is 10.3. The zero-order chi connectivity index (χ0) is 22.8. The summed E-state index contributed by atoms with van der Waals surface area (Å²) in [5, 5.41) is 5.59. The highest BCUT2D eigenvalue weighted by molar-refractivity contribution is 6.01. The first kappa shape index (κ1) is 23.0. The van der Waals surface area contributed by atoms with E-state index >= 15 is 0 Å². The predicted octanol–water partition coefficient (Wildman–Crippen LogP) is 4.51. The van der Waals surface area contributed by atoms with Crippen molar-refractivity contribution >= 4 is 23.3 Å². The Balaban J connectivity index is 1.54. The minimum atomic E-state index is -0.392. The second kappa shape index (κ2) is 11.6. The lowest BCUT2D eigenvalue weighted by atomic mass is 10.2. The lowest BCUT2D eigenvalue weighted by molar-refractivity contribution is -0.126. The van der Waals surface area contributed by atoms with E-state index in [2.05, 4.69) is 10.6 Å². The molecule has 0 saturated carbocycles. The molecule has 0 heterocycles. The Hall–Kier alpha value is -3.71. The molecule has 3 amide bonds. The number of hydrogen-bond donors (Lipinski definition) is 2. The van der Waals surface area contributed by atoms with Gasteiger partial charge in [-0.1, -0.05) is 42.5 Å². The summed E-state index contributed by atoms with van der Waals surface area (Å²) >= 11 is 0. The zero-order valence-electron chi connectivity index (χ0n) is 17.9. The highest BCUT2D eigenvalue weighted by atomic mass is 19.1. The van der Waals surface area contributed by atoms with Crippen LogP contribution in [0.5, 0.6) is 0 Å². The Labute approximate surface area is 187 Å². The van der Waals surface area contributed by atoms with Gasteiger partial charge in [0.1, 0.15) is 12.4 Å². The van der Waals surface area contributed by atoms with Crippen LogP contribution < -0.4 is 15.5 Å². The lowest BCUT2D eigenvalue weighted by Crippen LogP contribution is -2.41. The van der Waals surface area contributed by atoms with Crippen LogP contribution in [0.25, 0.3) is 0 Å². The first-order chi connectivity index (χ1) is 15.5. The molecule has 0 aliphatic heterocycles. The van der Waals surface area contributed by atoms with Gasteiger partial charge in [0.25, 0.3) is 0 Å². The third kappa shape index (κ3) is 7.21. The summed E-state index contributed by atoms with van der Waals surface area (Å²) in [6.07, 6.45) is 0. The molecule has 32 heavy (non-hydrogen) atoms. The smallest absolute Gasteiger partial charge is 0.326 e. The summed E-state index contributed by atoms with van der Waals surface area (Å²) in [5.74, 6) is -0.671. The average molecular weight is 435 g/mol. The molecule has 3 aromatic carbocycles. The molecule has 0 saturated heterocycles. The van der Waals surface area contributed by atoms with Crippen LogP contribution in [0.4, 0.5) is 20.6 Å². The van der Waals surface area contributed by atoms with E-state index in [4.69, 9.17) is 4.74 Å². The number of amides is 3. The van der Waals surface area contributed by atoms with Gasteiger partial charge in [-0.05, 0) is 54.4 Å². The van der Waals surface area contributed by atoms with Crippen molar-refractivity contribution in [1.82, 2.24) is 5.32 Å². The Kier molecular flexibility index (Phi) is 8.34. The van der Waals surface area contributed by atoms with E-state index in [1.165, 1.54) is 29.2 Å². The van der Waals surface area contributed by atoms with Gasteiger partial charge >= 0.3 is 6.03 Å². The minimum absolute atomic E-state index is 0.0824. The van der Waals surface area contributed by atoms with Crippen LogP contribution in [0.2, 0.25) is 0 Å². The molecule has 3 rings (SSSR count). The van der Waals surface area contributed by atoms with E-state index in [0.717, 1.165) is 11.1 Å². The number of carbonyl (C=O) groups excluding carboxylic acids is 2.